The summed E-state index contributed by atoms with van der Waals surface area (Å²) in [6.45, 7) is 32.3. The molecule has 1 fully saturated rings. The van der Waals surface area contributed by atoms with Crippen LogP contribution in [-0.4, -0.2) is 56.3 Å². The first-order chi connectivity index (χ1) is 33.4. The first-order valence-electron chi connectivity index (χ1n) is 26.6. The number of unbranched alkanes of at least 4 members (excludes halogenated alkanes) is 1. The molecule has 9 nitrogen and oxygen atoms in total. The van der Waals surface area contributed by atoms with Crippen LogP contribution in [0.2, 0.25) is 0 Å². The van der Waals surface area contributed by atoms with E-state index >= 15 is 0 Å². The average Bonchev–Trinajstić information content (AvgIpc) is 3.75. The van der Waals surface area contributed by atoms with E-state index in [0.29, 0.717) is 24.5 Å². The molecule has 9 heteroatoms. The number of fused-ring (bicyclic) bond motifs is 2. The second-order valence-corrected chi connectivity index (χ2v) is 24.8. The van der Waals surface area contributed by atoms with Crippen molar-refractivity contribution in [1.29, 1.82) is 0 Å². The first-order valence-corrected chi connectivity index (χ1v) is 26.6. The summed E-state index contributed by atoms with van der Waals surface area (Å²) in [4.78, 5) is 10.3. The highest BCUT2D eigenvalue weighted by molar-refractivity contribution is 5.88. The Morgan fingerprint density at radius 3 is 1.96 bits per heavy atom. The normalized spacial score (nSPS) is 18.8. The highest BCUT2D eigenvalue weighted by Crippen LogP contribution is 2.49. The van der Waals surface area contributed by atoms with Gasteiger partial charge in [0.25, 0.3) is 0 Å². The second-order valence-electron chi connectivity index (χ2n) is 24.8. The zero-order chi connectivity index (χ0) is 51.5. The molecule has 1 aliphatic heterocycles. The third kappa shape index (κ3) is 12.8. The summed E-state index contributed by atoms with van der Waals surface area (Å²) in [5, 5.41) is 32.4. The van der Waals surface area contributed by atoms with Crippen LogP contribution < -0.4 is 9.47 Å². The summed E-state index contributed by atoms with van der Waals surface area (Å²) in [6.07, 6.45) is 15.3. The summed E-state index contributed by atoms with van der Waals surface area (Å²) in [6, 6.07) is 23.2. The number of aromatic nitrogens is 3. The van der Waals surface area contributed by atoms with Crippen LogP contribution in [0.15, 0.2) is 82.9 Å². The number of rotatable bonds is 16. The molecule has 71 heavy (non-hydrogen) atoms. The fourth-order valence-electron chi connectivity index (χ4n) is 10.2. The maximum atomic E-state index is 11.8. The van der Waals surface area contributed by atoms with Crippen LogP contribution >= 0.6 is 0 Å². The Bertz CT molecular complexity index is 2670. The van der Waals surface area contributed by atoms with Crippen molar-refractivity contribution < 1.29 is 19.7 Å². The SMILES string of the molecule is CCC(C)(CC)Cc1cc2cc(c1OCCCCn1cc(-c3cc(C=N[C@H]4CCCC[C@H]4N=Cc4cc(C(C)(C)C)cc(C(C)(C)C)c4O)c(O)c(C(C)(C)C)c3)nn1)C(C)(C)CC(c1ccccc1)O2. The van der Waals surface area contributed by atoms with Crippen molar-refractivity contribution in [2.24, 2.45) is 15.4 Å². The number of aliphatic imine (C=N–C) groups is 2. The van der Waals surface area contributed by atoms with Gasteiger partial charge in [0.05, 0.1) is 24.9 Å². The van der Waals surface area contributed by atoms with Crippen LogP contribution in [0.1, 0.15) is 205 Å². The first kappa shape index (κ1) is 53.4. The molecule has 2 heterocycles. The van der Waals surface area contributed by atoms with Crippen molar-refractivity contribution in [3.05, 3.63) is 117 Å². The molecule has 2 aliphatic rings. The lowest BCUT2D eigenvalue weighted by Gasteiger charge is -2.31. The summed E-state index contributed by atoms with van der Waals surface area (Å²) in [5.74, 6) is 2.48. The van der Waals surface area contributed by atoms with Crippen molar-refractivity contribution in [2.75, 3.05) is 6.61 Å². The molecule has 7 rings (SSSR count). The number of benzene rings is 4. The van der Waals surface area contributed by atoms with E-state index in [2.05, 4.69) is 162 Å². The summed E-state index contributed by atoms with van der Waals surface area (Å²) in [7, 11) is 0. The second kappa shape index (κ2) is 21.3. The van der Waals surface area contributed by atoms with Crippen LogP contribution in [0.4, 0.5) is 0 Å². The lowest BCUT2D eigenvalue weighted by Crippen LogP contribution is -2.27. The van der Waals surface area contributed by atoms with E-state index < -0.39 is 0 Å². The Balaban J connectivity index is 1.06. The van der Waals surface area contributed by atoms with Gasteiger partial charge in [0.15, 0.2) is 0 Å². The van der Waals surface area contributed by atoms with Gasteiger partial charge in [-0.05, 0) is 113 Å². The van der Waals surface area contributed by atoms with Crippen LogP contribution in [-0.2, 0) is 34.6 Å². The van der Waals surface area contributed by atoms with Crippen LogP contribution in [0, 0.1) is 5.41 Å². The van der Waals surface area contributed by atoms with Crippen LogP contribution in [0.25, 0.3) is 11.3 Å². The molecule has 5 aromatic rings. The molecule has 1 aromatic heterocycles. The Morgan fingerprint density at radius 2 is 1.37 bits per heavy atom. The van der Waals surface area contributed by atoms with E-state index in [0.717, 1.165) is 104 Å². The van der Waals surface area contributed by atoms with Gasteiger partial charge in [-0.15, -0.1) is 5.10 Å². The molecule has 4 aromatic carbocycles. The largest absolute Gasteiger partial charge is 0.507 e. The Morgan fingerprint density at radius 1 is 0.761 bits per heavy atom. The van der Waals surface area contributed by atoms with E-state index in [1.807, 2.05) is 35.4 Å². The molecule has 2 N–H and O–H groups in total. The topological polar surface area (TPSA) is 114 Å². The minimum atomic E-state index is -0.332. The molecule has 0 amide bonds. The molecular weight excluding hydrogens is 879 g/mol. The quantitative estimate of drug-likeness (QED) is 0.0752. The molecule has 0 radical (unpaired) electrons. The van der Waals surface area contributed by atoms with Crippen molar-refractivity contribution in [2.45, 2.75) is 208 Å². The lowest BCUT2D eigenvalue weighted by atomic mass is 9.75. The number of hydrogen-bond acceptors (Lipinski definition) is 8. The summed E-state index contributed by atoms with van der Waals surface area (Å²) in [5.41, 5.74) is 9.00. The van der Waals surface area contributed by atoms with Crippen LogP contribution in [0.5, 0.6) is 23.0 Å². The van der Waals surface area contributed by atoms with Gasteiger partial charge in [0, 0.05) is 52.4 Å². The zero-order valence-corrected chi connectivity index (χ0v) is 45.7. The predicted octanol–water partition coefficient (Wildman–Crippen LogP) is 15.1. The highest BCUT2D eigenvalue weighted by Gasteiger charge is 2.36. The summed E-state index contributed by atoms with van der Waals surface area (Å²) < 4.78 is 15.6. The van der Waals surface area contributed by atoms with Crippen molar-refractivity contribution in [1.82, 2.24) is 15.0 Å². The fourth-order valence-corrected chi connectivity index (χ4v) is 10.2. The number of ether oxygens (including phenoxy) is 2. The fraction of sp³-hybridized carbons (Fsp3) is 0.548. The van der Waals surface area contributed by atoms with Gasteiger partial charge in [0.2, 0.25) is 0 Å². The van der Waals surface area contributed by atoms with Gasteiger partial charge in [-0.1, -0.05) is 164 Å². The Hall–Kier alpha value is -5.44. The molecule has 0 saturated heterocycles. The van der Waals surface area contributed by atoms with E-state index in [4.69, 9.17) is 19.5 Å². The highest BCUT2D eigenvalue weighted by atomic mass is 16.5. The molecule has 3 atom stereocenters. The van der Waals surface area contributed by atoms with Gasteiger partial charge < -0.3 is 19.7 Å². The number of hydrogen-bond donors (Lipinski definition) is 2. The van der Waals surface area contributed by atoms with Crippen molar-refractivity contribution in [3.63, 3.8) is 0 Å². The molecule has 1 aliphatic carbocycles. The van der Waals surface area contributed by atoms with E-state index in [1.54, 1.807) is 0 Å². The molecule has 0 spiro atoms. The van der Waals surface area contributed by atoms with E-state index in [9.17, 15) is 10.2 Å². The maximum Gasteiger partial charge on any atom is 0.128 e. The van der Waals surface area contributed by atoms with Gasteiger partial charge in [-0.25, -0.2) is 0 Å². The van der Waals surface area contributed by atoms with Crippen molar-refractivity contribution in [3.8, 4) is 34.3 Å². The number of aromatic hydroxyl groups is 2. The lowest BCUT2D eigenvalue weighted by molar-refractivity contribution is 0.173. The number of phenolic OH excluding ortho intramolecular Hbond substituents is 2. The average molecular weight is 964 g/mol. The molecule has 382 valence electrons. The Labute approximate surface area is 426 Å². The van der Waals surface area contributed by atoms with E-state index in [1.165, 1.54) is 22.3 Å². The van der Waals surface area contributed by atoms with Gasteiger partial charge >= 0.3 is 0 Å². The third-order valence-corrected chi connectivity index (χ3v) is 15.5. The zero-order valence-electron chi connectivity index (χ0n) is 45.7. The number of phenols is 2. The Kier molecular flexibility index (Phi) is 16.0. The molecular formula is C62H85N5O4. The van der Waals surface area contributed by atoms with Crippen molar-refractivity contribution >= 4 is 12.4 Å². The monoisotopic (exact) mass is 964 g/mol. The third-order valence-electron chi connectivity index (χ3n) is 15.5. The minimum absolute atomic E-state index is 0.0348. The standard InChI is InChI=1S/C62H85N5O4/c1-15-62(14,16-2)36-43-32-47-35-50(61(12,13)37-54(71-47)41-24-18-17-19-25-41)57(43)70-29-23-22-28-67-40-53(65-66-67)42-30-44(55(68)48(33-42)59(6,7)8)38-63-51-26-20-21-27-52(51)64-39-45-31-46(58(3,4)5)34-49(56(45)69)60(9,10)11/h17-19,24-25,30-35,38-40,51-52,54,68-69H,15-16,20-23,26-29,36-37H2,1-14H3/t51-,52+,54?/m0/s1. The maximum absolute atomic E-state index is 11.8. The minimum Gasteiger partial charge on any atom is -0.507 e. The molecule has 2 bridgehead atoms. The van der Waals surface area contributed by atoms with Crippen LogP contribution in [0.3, 0.4) is 0 Å². The number of nitrogens with zero attached hydrogens (tertiary/aromatic N) is 5. The van der Waals surface area contributed by atoms with Gasteiger partial charge in [-0.2, -0.15) is 0 Å². The van der Waals surface area contributed by atoms with Gasteiger partial charge in [0.1, 0.15) is 34.8 Å². The smallest absolute Gasteiger partial charge is 0.128 e. The number of aryl methyl sites for hydroxylation is 1. The van der Waals surface area contributed by atoms with E-state index in [-0.39, 0.29) is 51.0 Å². The van der Waals surface area contributed by atoms with Gasteiger partial charge in [-0.3, -0.25) is 14.7 Å². The molecule has 1 saturated carbocycles. The summed E-state index contributed by atoms with van der Waals surface area (Å²) >= 11 is 0. The molecule has 1 unspecified atom stereocenters. The predicted molar refractivity (Wildman–Crippen MR) is 294 cm³/mol.